The third kappa shape index (κ3) is 3.07. The van der Waals surface area contributed by atoms with Crippen LogP contribution in [0.2, 0.25) is 0 Å². The van der Waals surface area contributed by atoms with Crippen LogP contribution in [0.15, 0.2) is 16.5 Å². The van der Waals surface area contributed by atoms with Gasteiger partial charge < -0.3 is 19.7 Å². The Balaban J connectivity index is 1.88. The number of carbonyl (C=O) groups excluding carboxylic acids is 1. The fourth-order valence-corrected chi connectivity index (χ4v) is 2.44. The minimum atomic E-state index is -1.11. The van der Waals surface area contributed by atoms with Crippen molar-refractivity contribution in [2.45, 2.75) is 32.9 Å². The molecule has 1 saturated heterocycles. The molecule has 2 rings (SSSR count). The van der Waals surface area contributed by atoms with Gasteiger partial charge in [-0.05, 0) is 31.4 Å². The van der Waals surface area contributed by atoms with Crippen molar-refractivity contribution in [3.05, 3.63) is 23.7 Å². The van der Waals surface area contributed by atoms with E-state index in [0.717, 1.165) is 13.0 Å². The number of likely N-dealkylation sites (tertiary alicyclic amines) is 1. The summed E-state index contributed by atoms with van der Waals surface area (Å²) in [5.41, 5.74) is 0. The molecule has 6 nitrogen and oxygen atoms in total. The second-order valence-corrected chi connectivity index (χ2v) is 5.07. The van der Waals surface area contributed by atoms with Crippen LogP contribution < -0.4 is 5.32 Å². The summed E-state index contributed by atoms with van der Waals surface area (Å²) in [7, 11) is 0. The van der Waals surface area contributed by atoms with Gasteiger partial charge in [-0.3, -0.25) is 0 Å². The van der Waals surface area contributed by atoms with Crippen molar-refractivity contribution < 1.29 is 19.1 Å². The monoisotopic (exact) mass is 266 g/mol. The van der Waals surface area contributed by atoms with Crippen molar-refractivity contribution in [3.63, 3.8) is 0 Å². The highest BCUT2D eigenvalue weighted by Crippen LogP contribution is 2.22. The van der Waals surface area contributed by atoms with Crippen LogP contribution in [0.5, 0.6) is 0 Å². The number of rotatable bonds is 3. The van der Waals surface area contributed by atoms with Crippen LogP contribution >= 0.6 is 0 Å². The van der Waals surface area contributed by atoms with E-state index < -0.39 is 5.97 Å². The number of carboxylic acid groups (broad SMARTS) is 1. The Morgan fingerprint density at radius 2 is 2.21 bits per heavy atom. The van der Waals surface area contributed by atoms with E-state index in [2.05, 4.69) is 12.2 Å². The SMILES string of the molecule is CC1CC(C)N(C(=O)NCc2ccc(C(=O)O)o2)C1. The van der Waals surface area contributed by atoms with Gasteiger partial charge >= 0.3 is 12.0 Å². The Bertz CT molecular complexity index is 483. The van der Waals surface area contributed by atoms with Gasteiger partial charge in [-0.2, -0.15) is 0 Å². The number of aromatic carboxylic acids is 1. The maximum absolute atomic E-state index is 12.0. The van der Waals surface area contributed by atoms with E-state index in [-0.39, 0.29) is 24.4 Å². The number of amides is 2. The van der Waals surface area contributed by atoms with Crippen LogP contribution in [0.3, 0.4) is 0 Å². The molecule has 1 aliphatic heterocycles. The molecule has 1 aliphatic rings. The summed E-state index contributed by atoms with van der Waals surface area (Å²) in [5.74, 6) is -0.277. The first kappa shape index (κ1) is 13.5. The van der Waals surface area contributed by atoms with Crippen LogP contribution in [0.25, 0.3) is 0 Å². The lowest BCUT2D eigenvalue weighted by atomic mass is 10.1. The maximum Gasteiger partial charge on any atom is 0.371 e. The van der Waals surface area contributed by atoms with Crippen molar-refractivity contribution in [2.75, 3.05) is 6.54 Å². The van der Waals surface area contributed by atoms with E-state index in [1.165, 1.54) is 6.07 Å². The zero-order chi connectivity index (χ0) is 14.0. The topological polar surface area (TPSA) is 82.8 Å². The van der Waals surface area contributed by atoms with Gasteiger partial charge in [0.25, 0.3) is 0 Å². The minimum absolute atomic E-state index is 0.118. The summed E-state index contributed by atoms with van der Waals surface area (Å²) in [4.78, 5) is 24.4. The van der Waals surface area contributed by atoms with Crippen LogP contribution in [0, 0.1) is 5.92 Å². The van der Waals surface area contributed by atoms with Crippen molar-refractivity contribution in [2.24, 2.45) is 5.92 Å². The molecule has 2 N–H and O–H groups in total. The maximum atomic E-state index is 12.0. The smallest absolute Gasteiger partial charge is 0.371 e. The zero-order valence-corrected chi connectivity index (χ0v) is 11.0. The third-order valence-electron chi connectivity index (χ3n) is 3.33. The van der Waals surface area contributed by atoms with Crippen molar-refractivity contribution in [1.82, 2.24) is 10.2 Å². The minimum Gasteiger partial charge on any atom is -0.475 e. The predicted octanol–water partition coefficient (Wildman–Crippen LogP) is 1.92. The van der Waals surface area contributed by atoms with Crippen molar-refractivity contribution in [1.29, 1.82) is 0 Å². The number of furan rings is 1. The molecule has 0 bridgehead atoms. The van der Waals surface area contributed by atoms with Crippen LogP contribution in [-0.4, -0.2) is 34.6 Å². The highest BCUT2D eigenvalue weighted by molar-refractivity contribution is 5.84. The zero-order valence-electron chi connectivity index (χ0n) is 11.0. The molecule has 0 aliphatic carbocycles. The van der Waals surface area contributed by atoms with E-state index in [4.69, 9.17) is 9.52 Å². The lowest BCUT2D eigenvalue weighted by Crippen LogP contribution is -2.41. The molecule has 19 heavy (non-hydrogen) atoms. The average Bonchev–Trinajstić information content (AvgIpc) is 2.93. The van der Waals surface area contributed by atoms with Crippen molar-refractivity contribution in [3.8, 4) is 0 Å². The number of nitrogens with zero attached hydrogens (tertiary/aromatic N) is 1. The molecule has 2 amide bonds. The van der Waals surface area contributed by atoms with Crippen LogP contribution in [0.4, 0.5) is 4.79 Å². The molecule has 2 heterocycles. The van der Waals surface area contributed by atoms with Gasteiger partial charge in [0.05, 0.1) is 6.54 Å². The van der Waals surface area contributed by atoms with Gasteiger partial charge in [-0.1, -0.05) is 6.92 Å². The highest BCUT2D eigenvalue weighted by Gasteiger charge is 2.29. The Morgan fingerprint density at radius 3 is 2.74 bits per heavy atom. The summed E-state index contributed by atoms with van der Waals surface area (Å²) in [5, 5.41) is 11.5. The quantitative estimate of drug-likeness (QED) is 0.875. The van der Waals surface area contributed by atoms with E-state index in [0.29, 0.717) is 11.7 Å². The fraction of sp³-hybridized carbons (Fsp3) is 0.538. The summed E-state index contributed by atoms with van der Waals surface area (Å²) < 4.78 is 5.07. The first-order valence-corrected chi connectivity index (χ1v) is 6.34. The second-order valence-electron chi connectivity index (χ2n) is 5.07. The van der Waals surface area contributed by atoms with E-state index in [1.54, 1.807) is 11.0 Å². The van der Waals surface area contributed by atoms with E-state index in [9.17, 15) is 9.59 Å². The summed E-state index contributed by atoms with van der Waals surface area (Å²) in [6, 6.07) is 3.04. The number of urea groups is 1. The molecule has 2 unspecified atom stereocenters. The lowest BCUT2D eigenvalue weighted by Gasteiger charge is -2.21. The number of hydrogen-bond donors (Lipinski definition) is 2. The summed E-state index contributed by atoms with van der Waals surface area (Å²) >= 11 is 0. The summed E-state index contributed by atoms with van der Waals surface area (Å²) in [6.07, 6.45) is 1.01. The van der Waals surface area contributed by atoms with Gasteiger partial charge in [0.2, 0.25) is 5.76 Å². The van der Waals surface area contributed by atoms with Crippen LogP contribution in [-0.2, 0) is 6.54 Å². The molecule has 0 aromatic carbocycles. The normalized spacial score (nSPS) is 22.5. The molecule has 2 atom stereocenters. The van der Waals surface area contributed by atoms with Gasteiger partial charge in [-0.25, -0.2) is 9.59 Å². The molecular weight excluding hydrogens is 248 g/mol. The molecule has 0 radical (unpaired) electrons. The lowest BCUT2D eigenvalue weighted by molar-refractivity contribution is 0.0660. The number of hydrogen-bond acceptors (Lipinski definition) is 3. The fourth-order valence-electron chi connectivity index (χ4n) is 2.44. The van der Waals surface area contributed by atoms with Gasteiger partial charge in [0, 0.05) is 12.6 Å². The second kappa shape index (κ2) is 5.34. The van der Waals surface area contributed by atoms with Gasteiger partial charge in [0.1, 0.15) is 5.76 Å². The average molecular weight is 266 g/mol. The molecule has 104 valence electrons. The molecule has 0 saturated carbocycles. The number of carbonyl (C=O) groups is 2. The van der Waals surface area contributed by atoms with Gasteiger partial charge in [-0.15, -0.1) is 0 Å². The Kier molecular flexibility index (Phi) is 3.78. The van der Waals surface area contributed by atoms with Crippen molar-refractivity contribution >= 4 is 12.0 Å². The molecular formula is C13H18N2O4. The van der Waals surface area contributed by atoms with Crippen LogP contribution in [0.1, 0.15) is 36.6 Å². The largest absolute Gasteiger partial charge is 0.475 e. The third-order valence-corrected chi connectivity index (χ3v) is 3.33. The standard InChI is InChI=1S/C13H18N2O4/c1-8-5-9(2)15(7-8)13(18)14-6-10-3-4-11(19-10)12(16)17/h3-4,8-9H,5-7H2,1-2H3,(H,14,18)(H,16,17). The number of carboxylic acids is 1. The molecule has 1 aromatic rings. The summed E-state index contributed by atoms with van der Waals surface area (Å²) in [6.45, 7) is 5.10. The first-order chi connectivity index (χ1) is 8.97. The Hall–Kier alpha value is -1.98. The molecule has 0 spiro atoms. The molecule has 6 heteroatoms. The Morgan fingerprint density at radius 1 is 1.47 bits per heavy atom. The Labute approximate surface area is 111 Å². The predicted molar refractivity (Wildman–Crippen MR) is 67.9 cm³/mol. The number of nitrogens with one attached hydrogen (secondary N) is 1. The molecule has 1 fully saturated rings. The molecule has 1 aromatic heterocycles. The van der Waals surface area contributed by atoms with E-state index in [1.807, 2.05) is 6.92 Å². The first-order valence-electron chi connectivity index (χ1n) is 6.34. The van der Waals surface area contributed by atoms with Gasteiger partial charge in [0.15, 0.2) is 0 Å². The van der Waals surface area contributed by atoms with E-state index >= 15 is 0 Å². The highest BCUT2D eigenvalue weighted by atomic mass is 16.4.